The first-order valence-corrected chi connectivity index (χ1v) is 5.61. The first-order chi connectivity index (χ1) is 7.63. The minimum atomic E-state index is 0.311. The van der Waals surface area contributed by atoms with Crippen molar-refractivity contribution in [2.75, 3.05) is 5.32 Å². The molecular formula is C12H18N4. The van der Waals surface area contributed by atoms with Gasteiger partial charge in [0.05, 0.1) is 11.8 Å². The Labute approximate surface area is 96.7 Å². The van der Waals surface area contributed by atoms with Crippen molar-refractivity contribution in [1.29, 1.82) is 5.26 Å². The number of rotatable bonds is 5. The average molecular weight is 218 g/mol. The molecule has 86 valence electrons. The molecule has 1 atom stereocenters. The molecule has 1 N–H and O–H groups in total. The molecule has 0 saturated carbocycles. The summed E-state index contributed by atoms with van der Waals surface area (Å²) in [4.78, 5) is 0. The Morgan fingerprint density at radius 1 is 1.38 bits per heavy atom. The first kappa shape index (κ1) is 12.4. The van der Waals surface area contributed by atoms with Crippen molar-refractivity contribution in [3.63, 3.8) is 0 Å². The van der Waals surface area contributed by atoms with E-state index in [-0.39, 0.29) is 0 Å². The number of nitrogens with one attached hydrogen (secondary N) is 1. The lowest BCUT2D eigenvalue weighted by Gasteiger charge is -2.15. The summed E-state index contributed by atoms with van der Waals surface area (Å²) in [6, 6.07) is 4.08. The molecule has 0 amide bonds. The van der Waals surface area contributed by atoms with Crippen molar-refractivity contribution in [3.05, 3.63) is 17.8 Å². The molecule has 0 aliphatic rings. The van der Waals surface area contributed by atoms with Gasteiger partial charge in [0, 0.05) is 6.04 Å². The second-order valence-corrected chi connectivity index (χ2v) is 4.42. The summed E-state index contributed by atoms with van der Waals surface area (Å²) in [5.41, 5.74) is 0.548. The largest absolute Gasteiger partial charge is 0.365 e. The maximum absolute atomic E-state index is 8.89. The number of anilines is 1. The van der Waals surface area contributed by atoms with E-state index in [1.54, 1.807) is 6.07 Å². The molecule has 1 rings (SSSR count). The molecule has 1 aromatic heterocycles. The third kappa shape index (κ3) is 3.85. The summed E-state index contributed by atoms with van der Waals surface area (Å²) < 4.78 is 0. The van der Waals surface area contributed by atoms with Crippen LogP contribution in [0.2, 0.25) is 0 Å². The number of hydrogen-bond donors (Lipinski definition) is 1. The maximum Gasteiger partial charge on any atom is 0.166 e. The van der Waals surface area contributed by atoms with Gasteiger partial charge < -0.3 is 5.32 Å². The van der Waals surface area contributed by atoms with Gasteiger partial charge in [0.2, 0.25) is 0 Å². The molecule has 1 heterocycles. The Balaban J connectivity index is 2.56. The Morgan fingerprint density at radius 2 is 2.12 bits per heavy atom. The molecule has 1 unspecified atom stereocenters. The van der Waals surface area contributed by atoms with Gasteiger partial charge in [-0.25, -0.2) is 0 Å². The number of aromatic nitrogens is 2. The standard InChI is InChI=1S/C12H18N4/c1-9(2)4-5-10(3)15-12-11(8-13)6-7-14-16-12/h6-7,9-10H,4-5H2,1-3H3,(H,15,16). The van der Waals surface area contributed by atoms with E-state index >= 15 is 0 Å². The predicted octanol–water partition coefficient (Wildman–Crippen LogP) is 2.58. The fraction of sp³-hybridized carbons (Fsp3) is 0.583. The molecule has 0 aliphatic carbocycles. The third-order valence-corrected chi connectivity index (χ3v) is 2.40. The van der Waals surface area contributed by atoms with Gasteiger partial charge in [-0.05, 0) is 31.7 Å². The van der Waals surface area contributed by atoms with Gasteiger partial charge in [0.25, 0.3) is 0 Å². The van der Waals surface area contributed by atoms with Crippen LogP contribution in [-0.2, 0) is 0 Å². The van der Waals surface area contributed by atoms with Crippen molar-refractivity contribution < 1.29 is 0 Å². The summed E-state index contributed by atoms with van der Waals surface area (Å²) in [5.74, 6) is 1.28. The molecule has 16 heavy (non-hydrogen) atoms. The first-order valence-electron chi connectivity index (χ1n) is 5.61. The number of nitrogens with zero attached hydrogens (tertiary/aromatic N) is 3. The maximum atomic E-state index is 8.89. The summed E-state index contributed by atoms with van der Waals surface area (Å²) >= 11 is 0. The quantitative estimate of drug-likeness (QED) is 0.825. The molecule has 0 spiro atoms. The van der Waals surface area contributed by atoms with Gasteiger partial charge in [-0.1, -0.05) is 13.8 Å². The molecule has 0 fully saturated rings. The van der Waals surface area contributed by atoms with Crippen molar-refractivity contribution >= 4 is 5.82 Å². The van der Waals surface area contributed by atoms with Crippen LogP contribution in [0, 0.1) is 17.2 Å². The highest BCUT2D eigenvalue weighted by Crippen LogP contribution is 2.13. The molecule has 1 aromatic rings. The van der Waals surface area contributed by atoms with Gasteiger partial charge in [-0.15, -0.1) is 5.10 Å². The minimum Gasteiger partial charge on any atom is -0.365 e. The summed E-state index contributed by atoms with van der Waals surface area (Å²) in [7, 11) is 0. The van der Waals surface area contributed by atoms with E-state index in [2.05, 4.69) is 42.4 Å². The van der Waals surface area contributed by atoms with Crippen molar-refractivity contribution in [1.82, 2.24) is 10.2 Å². The molecule has 0 saturated heterocycles. The number of hydrogen-bond acceptors (Lipinski definition) is 4. The molecule has 0 bridgehead atoms. The normalized spacial score (nSPS) is 12.2. The second kappa shape index (κ2) is 6.06. The molecule has 0 aliphatic heterocycles. The fourth-order valence-corrected chi connectivity index (χ4v) is 1.42. The molecular weight excluding hydrogens is 200 g/mol. The van der Waals surface area contributed by atoms with E-state index < -0.39 is 0 Å². The SMILES string of the molecule is CC(C)CCC(C)Nc1nnccc1C#N. The second-order valence-electron chi connectivity index (χ2n) is 4.42. The van der Waals surface area contributed by atoms with Crippen LogP contribution in [0.1, 0.15) is 39.2 Å². The monoisotopic (exact) mass is 218 g/mol. The highest BCUT2D eigenvalue weighted by Gasteiger charge is 2.08. The lowest BCUT2D eigenvalue weighted by Crippen LogP contribution is -2.17. The van der Waals surface area contributed by atoms with Crippen molar-refractivity contribution in [3.8, 4) is 6.07 Å². The highest BCUT2D eigenvalue weighted by atomic mass is 15.2. The Kier molecular flexibility index (Phi) is 4.71. The van der Waals surface area contributed by atoms with Crippen LogP contribution < -0.4 is 5.32 Å². The zero-order chi connectivity index (χ0) is 12.0. The fourth-order valence-electron chi connectivity index (χ4n) is 1.42. The van der Waals surface area contributed by atoms with Crippen LogP contribution >= 0.6 is 0 Å². The number of nitriles is 1. The van der Waals surface area contributed by atoms with E-state index in [0.717, 1.165) is 12.8 Å². The van der Waals surface area contributed by atoms with Crippen LogP contribution in [0.3, 0.4) is 0 Å². The molecule has 4 nitrogen and oxygen atoms in total. The van der Waals surface area contributed by atoms with Gasteiger partial charge >= 0.3 is 0 Å². The Bertz CT molecular complexity index is 368. The zero-order valence-corrected chi connectivity index (χ0v) is 10.1. The molecule has 0 radical (unpaired) electrons. The van der Waals surface area contributed by atoms with E-state index in [9.17, 15) is 0 Å². The topological polar surface area (TPSA) is 61.6 Å². The van der Waals surface area contributed by atoms with Gasteiger partial charge in [0.15, 0.2) is 5.82 Å². The van der Waals surface area contributed by atoms with Crippen molar-refractivity contribution in [2.24, 2.45) is 5.92 Å². The van der Waals surface area contributed by atoms with Crippen LogP contribution in [0.25, 0.3) is 0 Å². The molecule has 0 aromatic carbocycles. The minimum absolute atomic E-state index is 0.311. The third-order valence-electron chi connectivity index (χ3n) is 2.40. The van der Waals surface area contributed by atoms with Crippen LogP contribution in [0.5, 0.6) is 0 Å². The predicted molar refractivity (Wildman–Crippen MR) is 63.9 cm³/mol. The summed E-state index contributed by atoms with van der Waals surface area (Å²) in [6.07, 6.45) is 3.76. The van der Waals surface area contributed by atoms with Crippen molar-refractivity contribution in [2.45, 2.75) is 39.7 Å². The van der Waals surface area contributed by atoms with Gasteiger partial charge in [-0.2, -0.15) is 10.4 Å². The highest BCUT2D eigenvalue weighted by molar-refractivity contribution is 5.50. The summed E-state index contributed by atoms with van der Waals surface area (Å²) in [5, 5.41) is 19.8. The van der Waals surface area contributed by atoms with E-state index in [0.29, 0.717) is 23.3 Å². The van der Waals surface area contributed by atoms with Crippen LogP contribution in [0.4, 0.5) is 5.82 Å². The van der Waals surface area contributed by atoms with Gasteiger partial charge in [-0.3, -0.25) is 0 Å². The smallest absolute Gasteiger partial charge is 0.166 e. The van der Waals surface area contributed by atoms with E-state index in [4.69, 9.17) is 5.26 Å². The lowest BCUT2D eigenvalue weighted by molar-refractivity contribution is 0.527. The zero-order valence-electron chi connectivity index (χ0n) is 10.1. The van der Waals surface area contributed by atoms with Gasteiger partial charge in [0.1, 0.15) is 6.07 Å². The Hall–Kier alpha value is -1.63. The van der Waals surface area contributed by atoms with Crippen LogP contribution in [-0.4, -0.2) is 16.2 Å². The average Bonchev–Trinajstić information content (AvgIpc) is 2.27. The van der Waals surface area contributed by atoms with E-state index in [1.807, 2.05) is 0 Å². The molecule has 4 heteroatoms. The van der Waals surface area contributed by atoms with Crippen LogP contribution in [0.15, 0.2) is 12.3 Å². The summed E-state index contributed by atoms with van der Waals surface area (Å²) in [6.45, 7) is 6.50. The Morgan fingerprint density at radius 3 is 2.75 bits per heavy atom. The lowest BCUT2D eigenvalue weighted by atomic mass is 10.0. The van der Waals surface area contributed by atoms with E-state index in [1.165, 1.54) is 6.20 Å².